The van der Waals surface area contributed by atoms with Gasteiger partial charge in [-0.3, -0.25) is 4.99 Å². The summed E-state index contributed by atoms with van der Waals surface area (Å²) in [5.74, 6) is 0. The van der Waals surface area contributed by atoms with Gasteiger partial charge in [-0.25, -0.2) is 0 Å². The lowest BCUT2D eigenvalue weighted by molar-refractivity contribution is 1.34. The number of allylic oxidation sites excluding steroid dienone is 4. The summed E-state index contributed by atoms with van der Waals surface area (Å²) < 4.78 is 0. The molecule has 1 heteroatoms. The van der Waals surface area contributed by atoms with Gasteiger partial charge in [-0.2, -0.15) is 0 Å². The van der Waals surface area contributed by atoms with E-state index in [1.165, 1.54) is 11.1 Å². The highest BCUT2D eigenvalue weighted by molar-refractivity contribution is 5.91. The Morgan fingerprint density at radius 3 is 2.53 bits per heavy atom. The third kappa shape index (κ3) is 2.62. The minimum atomic E-state index is 0.900. The molecular weight excluding hydrogens is 206 g/mol. The standard InChI is InChI=1S/C16H17N/c1-4-14(15-8-6-5-7-9-15)11-16-12(2)10-13(3)17-16/h4-9,11H,2,10H2,1,3H3/b14-4+,16-11+. The van der Waals surface area contributed by atoms with Crippen molar-refractivity contribution in [3.05, 3.63) is 65.9 Å². The van der Waals surface area contributed by atoms with Crippen LogP contribution in [0.1, 0.15) is 25.8 Å². The zero-order valence-electron chi connectivity index (χ0n) is 10.4. The number of aliphatic imine (C=N–C) groups is 1. The van der Waals surface area contributed by atoms with E-state index in [-0.39, 0.29) is 0 Å². The van der Waals surface area contributed by atoms with Gasteiger partial charge >= 0.3 is 0 Å². The van der Waals surface area contributed by atoms with Crippen LogP contribution in [0.4, 0.5) is 0 Å². The van der Waals surface area contributed by atoms with E-state index in [0.717, 1.165) is 23.4 Å². The van der Waals surface area contributed by atoms with Crippen molar-refractivity contribution in [1.29, 1.82) is 0 Å². The molecule has 0 unspecified atom stereocenters. The van der Waals surface area contributed by atoms with Crippen LogP contribution in [0.15, 0.2) is 65.3 Å². The molecule has 0 radical (unpaired) electrons. The van der Waals surface area contributed by atoms with Crippen molar-refractivity contribution in [1.82, 2.24) is 0 Å². The lowest BCUT2D eigenvalue weighted by atomic mass is 10.0. The minimum absolute atomic E-state index is 0.900. The minimum Gasteiger partial charge on any atom is -0.257 e. The van der Waals surface area contributed by atoms with Gasteiger partial charge in [0.2, 0.25) is 0 Å². The first-order valence-electron chi connectivity index (χ1n) is 5.86. The smallest absolute Gasteiger partial charge is 0.0664 e. The van der Waals surface area contributed by atoms with Gasteiger partial charge in [0.25, 0.3) is 0 Å². The van der Waals surface area contributed by atoms with Crippen molar-refractivity contribution >= 4 is 11.3 Å². The van der Waals surface area contributed by atoms with E-state index < -0.39 is 0 Å². The van der Waals surface area contributed by atoms with Gasteiger partial charge in [0, 0.05) is 12.1 Å². The van der Waals surface area contributed by atoms with Gasteiger partial charge in [0.1, 0.15) is 0 Å². The molecule has 0 N–H and O–H groups in total. The first-order chi connectivity index (χ1) is 8.20. The van der Waals surface area contributed by atoms with Crippen molar-refractivity contribution in [2.24, 2.45) is 4.99 Å². The maximum atomic E-state index is 4.52. The molecule has 86 valence electrons. The fraction of sp³-hybridized carbons (Fsp3) is 0.188. The third-order valence-corrected chi connectivity index (χ3v) is 2.85. The van der Waals surface area contributed by atoms with E-state index in [9.17, 15) is 0 Å². The van der Waals surface area contributed by atoms with E-state index in [1.54, 1.807) is 0 Å². The molecule has 0 bridgehead atoms. The zero-order valence-corrected chi connectivity index (χ0v) is 10.4. The molecule has 0 amide bonds. The van der Waals surface area contributed by atoms with Gasteiger partial charge in [-0.15, -0.1) is 0 Å². The monoisotopic (exact) mass is 223 g/mol. The summed E-state index contributed by atoms with van der Waals surface area (Å²) in [6, 6.07) is 10.4. The topological polar surface area (TPSA) is 12.4 Å². The number of hydrogen-bond acceptors (Lipinski definition) is 1. The molecule has 2 rings (SSSR count). The normalized spacial score (nSPS) is 18.7. The Balaban J connectivity index is 2.34. The fourth-order valence-electron chi connectivity index (χ4n) is 1.97. The van der Waals surface area contributed by atoms with Gasteiger partial charge in [0.15, 0.2) is 0 Å². The predicted molar refractivity (Wildman–Crippen MR) is 75.0 cm³/mol. The maximum Gasteiger partial charge on any atom is 0.0664 e. The Kier molecular flexibility index (Phi) is 3.38. The number of benzene rings is 1. The van der Waals surface area contributed by atoms with Crippen LogP contribution in [0.3, 0.4) is 0 Å². The second-order valence-corrected chi connectivity index (χ2v) is 4.27. The molecule has 1 nitrogen and oxygen atoms in total. The van der Waals surface area contributed by atoms with Gasteiger partial charge < -0.3 is 0 Å². The van der Waals surface area contributed by atoms with Crippen LogP contribution >= 0.6 is 0 Å². The predicted octanol–water partition coefficient (Wildman–Crippen LogP) is 4.39. The maximum absolute atomic E-state index is 4.52. The average Bonchev–Trinajstić information content (AvgIpc) is 2.66. The van der Waals surface area contributed by atoms with E-state index in [0.29, 0.717) is 0 Å². The molecular formula is C16H17N. The number of nitrogens with zero attached hydrogens (tertiary/aromatic N) is 1. The van der Waals surface area contributed by atoms with Crippen LogP contribution in [-0.2, 0) is 0 Å². The van der Waals surface area contributed by atoms with Crippen molar-refractivity contribution in [2.45, 2.75) is 20.3 Å². The van der Waals surface area contributed by atoms with E-state index in [1.807, 2.05) is 19.9 Å². The van der Waals surface area contributed by atoms with Gasteiger partial charge in [0.05, 0.1) is 5.70 Å². The summed E-state index contributed by atoms with van der Waals surface area (Å²) in [6.07, 6.45) is 5.13. The summed E-state index contributed by atoms with van der Waals surface area (Å²) in [5.41, 5.74) is 5.68. The van der Waals surface area contributed by atoms with Crippen LogP contribution in [-0.4, -0.2) is 5.71 Å². The third-order valence-electron chi connectivity index (χ3n) is 2.85. The Morgan fingerprint density at radius 2 is 2.00 bits per heavy atom. The van der Waals surface area contributed by atoms with Crippen LogP contribution < -0.4 is 0 Å². The largest absolute Gasteiger partial charge is 0.257 e. The quantitative estimate of drug-likeness (QED) is 0.705. The summed E-state index contributed by atoms with van der Waals surface area (Å²) in [6.45, 7) is 8.15. The van der Waals surface area contributed by atoms with Crippen molar-refractivity contribution in [2.75, 3.05) is 0 Å². The molecule has 1 aliphatic rings. The van der Waals surface area contributed by atoms with Crippen LogP contribution in [0.25, 0.3) is 5.57 Å². The molecule has 1 aromatic rings. The average molecular weight is 223 g/mol. The molecule has 1 aromatic carbocycles. The lowest BCUT2D eigenvalue weighted by Crippen LogP contribution is -1.83. The fourth-order valence-corrected chi connectivity index (χ4v) is 1.97. The van der Waals surface area contributed by atoms with Crippen LogP contribution in [0, 0.1) is 0 Å². The number of rotatable bonds is 2. The van der Waals surface area contributed by atoms with E-state index in [4.69, 9.17) is 0 Å². The summed E-state index contributed by atoms with van der Waals surface area (Å²) in [7, 11) is 0. The molecule has 0 saturated heterocycles. The Bertz CT molecular complexity index is 516. The summed E-state index contributed by atoms with van der Waals surface area (Å²) in [4.78, 5) is 4.52. The van der Waals surface area contributed by atoms with E-state index >= 15 is 0 Å². The summed E-state index contributed by atoms with van der Waals surface area (Å²) in [5, 5.41) is 0. The van der Waals surface area contributed by atoms with Crippen molar-refractivity contribution in [3.8, 4) is 0 Å². The number of hydrogen-bond donors (Lipinski definition) is 0. The van der Waals surface area contributed by atoms with Gasteiger partial charge in [-0.05, 0) is 36.6 Å². The highest BCUT2D eigenvalue weighted by atomic mass is 14.8. The van der Waals surface area contributed by atoms with Crippen LogP contribution in [0.5, 0.6) is 0 Å². The molecule has 0 aliphatic carbocycles. The molecule has 17 heavy (non-hydrogen) atoms. The lowest BCUT2D eigenvalue weighted by Gasteiger charge is -2.03. The SMILES string of the molecule is C=C1CC(C)=N/C1=C/C(=C\C)c1ccccc1. The Hall–Kier alpha value is -1.89. The second-order valence-electron chi connectivity index (χ2n) is 4.27. The molecule has 0 atom stereocenters. The highest BCUT2D eigenvalue weighted by Crippen LogP contribution is 2.26. The van der Waals surface area contributed by atoms with Crippen molar-refractivity contribution < 1.29 is 0 Å². The molecule has 1 heterocycles. The zero-order chi connectivity index (χ0) is 12.3. The molecule has 0 saturated carbocycles. The first kappa shape index (κ1) is 11.6. The molecule has 0 fully saturated rings. The summed E-state index contributed by atoms with van der Waals surface area (Å²) >= 11 is 0. The van der Waals surface area contributed by atoms with Gasteiger partial charge in [-0.1, -0.05) is 43.0 Å². The van der Waals surface area contributed by atoms with Crippen LogP contribution in [0.2, 0.25) is 0 Å². The highest BCUT2D eigenvalue weighted by Gasteiger charge is 2.12. The second kappa shape index (κ2) is 4.96. The molecule has 1 aliphatic heterocycles. The molecule has 0 spiro atoms. The Morgan fingerprint density at radius 1 is 1.29 bits per heavy atom. The van der Waals surface area contributed by atoms with Crippen molar-refractivity contribution in [3.63, 3.8) is 0 Å². The Labute approximate surface area is 103 Å². The van der Waals surface area contributed by atoms with E-state index in [2.05, 4.69) is 48.0 Å². The first-order valence-corrected chi connectivity index (χ1v) is 5.86. The molecule has 0 aromatic heterocycles.